The summed E-state index contributed by atoms with van der Waals surface area (Å²) in [4.78, 5) is 83.6. The zero-order chi connectivity index (χ0) is 43.2. The molecule has 2 saturated heterocycles. The van der Waals surface area contributed by atoms with Crippen LogP contribution in [0, 0.1) is 29.6 Å². The summed E-state index contributed by atoms with van der Waals surface area (Å²) in [7, 11) is 3.57. The van der Waals surface area contributed by atoms with Crippen LogP contribution in [0.25, 0.3) is 0 Å². The minimum Gasteiger partial charge on any atom is -0.462 e. The molecular formula is C44H64N2O12. The standard InChI is InChI=1S/C44H64N2O12/c1-13-31-21-26(6)39-35(46(44(52)58-39)42(51)32-18-16-15-17-19-32)37(50)24(4)20-25(5)38(27(7)23(3)22-34(49)56-33(31)14-2)57-43-41(55-30(10)48)36(45(11)12)40(28(8)53-43)54-29(9)47/h15-19,21,23-25,27-28,31,33,35-36,38-41,43H,13-14,20,22H2,1-12H3/b26-21+/t23-,24-,25+,27+,28?,31+,33-,35?,36?,38+,39?,40?,41?,43?/m1/s1. The SMILES string of the molecule is CC[C@H]1/C=C(\C)C2OC(=O)N(C(=O)c3ccccc3)C2C(=O)[C@H](C)C[C@H](C)[C@H](OC2OC(C)C(OC(C)=O)C(N(C)C)C2OC(C)=O)[C@@H](C)[C@H](C)CC(=O)O[C@@H]1CC. The summed E-state index contributed by atoms with van der Waals surface area (Å²) < 4.78 is 36.9. The Morgan fingerprint density at radius 3 is 2.03 bits per heavy atom. The predicted octanol–water partition coefficient (Wildman–Crippen LogP) is 6.14. The molecule has 0 N–H and O–H groups in total. The van der Waals surface area contributed by atoms with E-state index in [1.54, 1.807) is 70.1 Å². The molecule has 3 heterocycles. The quantitative estimate of drug-likeness (QED) is 0.167. The molecule has 0 spiro atoms. The number of imide groups is 1. The average molecular weight is 813 g/mol. The maximum absolute atomic E-state index is 14.8. The normalized spacial score (nSPS) is 36.3. The van der Waals surface area contributed by atoms with Crippen molar-refractivity contribution < 1.29 is 57.2 Å². The number of benzene rings is 1. The summed E-state index contributed by atoms with van der Waals surface area (Å²) in [5.41, 5.74) is 0.814. The van der Waals surface area contributed by atoms with Gasteiger partial charge in [-0.1, -0.05) is 65.8 Å². The molecule has 7 unspecified atom stereocenters. The number of cyclic esters (lactones) is 1. The van der Waals surface area contributed by atoms with E-state index in [1.165, 1.54) is 13.8 Å². The van der Waals surface area contributed by atoms with Crippen LogP contribution >= 0.6 is 0 Å². The number of ether oxygens (including phenoxy) is 6. The van der Waals surface area contributed by atoms with Crippen LogP contribution < -0.4 is 0 Å². The van der Waals surface area contributed by atoms with Crippen molar-refractivity contribution in [2.45, 2.75) is 150 Å². The molecule has 0 aromatic heterocycles. The Kier molecular flexibility index (Phi) is 16.2. The molecule has 1 aromatic carbocycles. The Balaban J connectivity index is 1.81. The van der Waals surface area contributed by atoms with Gasteiger partial charge in [-0.3, -0.25) is 28.9 Å². The van der Waals surface area contributed by atoms with Crippen molar-refractivity contribution in [1.29, 1.82) is 0 Å². The Morgan fingerprint density at radius 2 is 1.47 bits per heavy atom. The first-order valence-electron chi connectivity index (χ1n) is 20.6. The number of carbonyl (C=O) groups excluding carboxylic acids is 6. The van der Waals surface area contributed by atoms with Crippen molar-refractivity contribution in [2.75, 3.05) is 14.1 Å². The van der Waals surface area contributed by atoms with Gasteiger partial charge in [0.1, 0.15) is 18.2 Å². The van der Waals surface area contributed by atoms with Gasteiger partial charge < -0.3 is 28.4 Å². The van der Waals surface area contributed by atoms with Gasteiger partial charge in [0.05, 0.1) is 18.2 Å². The number of amides is 2. The van der Waals surface area contributed by atoms with Crippen molar-refractivity contribution >= 4 is 35.7 Å². The number of nitrogens with zero attached hydrogens (tertiary/aromatic N) is 2. The Hall–Kier alpha value is -4.14. The molecule has 0 saturated carbocycles. The molecule has 14 atom stereocenters. The molecule has 4 rings (SSSR count). The maximum Gasteiger partial charge on any atom is 0.418 e. The van der Waals surface area contributed by atoms with Gasteiger partial charge in [0.15, 0.2) is 24.3 Å². The van der Waals surface area contributed by atoms with Crippen LogP contribution in [-0.4, -0.2) is 115 Å². The molecule has 3 aliphatic heterocycles. The molecule has 58 heavy (non-hydrogen) atoms. The summed E-state index contributed by atoms with van der Waals surface area (Å²) >= 11 is 0. The minimum atomic E-state index is -1.27. The number of likely N-dealkylation sites (N-methyl/N-ethyl adjacent to an activating group) is 1. The summed E-state index contributed by atoms with van der Waals surface area (Å²) in [5, 5.41) is 0. The summed E-state index contributed by atoms with van der Waals surface area (Å²) in [6.07, 6.45) is -3.44. The lowest BCUT2D eigenvalue weighted by atomic mass is 9.78. The number of rotatable bonds is 8. The third kappa shape index (κ3) is 10.7. The highest BCUT2D eigenvalue weighted by atomic mass is 16.7. The first kappa shape index (κ1) is 46.5. The van der Waals surface area contributed by atoms with E-state index in [2.05, 4.69) is 0 Å². The van der Waals surface area contributed by atoms with E-state index >= 15 is 0 Å². The van der Waals surface area contributed by atoms with Crippen molar-refractivity contribution in [3.8, 4) is 0 Å². The van der Waals surface area contributed by atoms with Gasteiger partial charge in [0.2, 0.25) is 0 Å². The number of fused-ring (bicyclic) bond motifs is 1. The molecule has 0 radical (unpaired) electrons. The van der Waals surface area contributed by atoms with Crippen molar-refractivity contribution in [1.82, 2.24) is 9.80 Å². The van der Waals surface area contributed by atoms with Crippen molar-refractivity contribution in [2.24, 2.45) is 29.6 Å². The Bertz CT molecular complexity index is 1660. The maximum atomic E-state index is 14.8. The smallest absolute Gasteiger partial charge is 0.418 e. The topological polar surface area (TPSA) is 164 Å². The molecule has 0 bridgehead atoms. The number of carbonyl (C=O) groups is 6. The summed E-state index contributed by atoms with van der Waals surface area (Å²) in [6.45, 7) is 17.6. The molecule has 14 nitrogen and oxygen atoms in total. The van der Waals surface area contributed by atoms with Crippen molar-refractivity contribution in [3.63, 3.8) is 0 Å². The predicted molar refractivity (Wildman–Crippen MR) is 213 cm³/mol. The second-order valence-corrected chi connectivity index (χ2v) is 16.7. The van der Waals surface area contributed by atoms with Gasteiger partial charge in [-0.25, -0.2) is 9.69 Å². The van der Waals surface area contributed by atoms with Gasteiger partial charge >= 0.3 is 24.0 Å². The fraction of sp³-hybridized carbons (Fsp3) is 0.682. The third-order valence-corrected chi connectivity index (χ3v) is 12.0. The van der Waals surface area contributed by atoms with Gasteiger partial charge in [0, 0.05) is 37.7 Å². The second-order valence-electron chi connectivity index (χ2n) is 16.7. The number of esters is 3. The van der Waals surface area contributed by atoms with Crippen LogP contribution in [0.1, 0.15) is 105 Å². The van der Waals surface area contributed by atoms with Crippen LogP contribution in [-0.2, 0) is 47.6 Å². The van der Waals surface area contributed by atoms with Gasteiger partial charge in [-0.15, -0.1) is 0 Å². The molecule has 1 aromatic rings. The zero-order valence-electron chi connectivity index (χ0n) is 36.2. The summed E-state index contributed by atoms with van der Waals surface area (Å²) in [5.74, 6) is -4.44. The molecule has 3 aliphatic rings. The first-order chi connectivity index (χ1) is 27.3. The molecular weight excluding hydrogens is 748 g/mol. The largest absolute Gasteiger partial charge is 0.462 e. The number of Topliss-reactive ketones (excluding diaryl/α,β-unsaturated/α-hetero) is 1. The van der Waals surface area contributed by atoms with E-state index < -0.39 is 84.9 Å². The van der Waals surface area contributed by atoms with Crippen LogP contribution in [0.3, 0.4) is 0 Å². The Morgan fingerprint density at radius 1 is 0.845 bits per heavy atom. The highest BCUT2D eigenvalue weighted by Gasteiger charge is 2.53. The fourth-order valence-corrected chi connectivity index (χ4v) is 8.80. The van der Waals surface area contributed by atoms with Crippen LogP contribution in [0.5, 0.6) is 0 Å². The minimum absolute atomic E-state index is 0.0842. The van der Waals surface area contributed by atoms with E-state index in [1.807, 2.05) is 40.7 Å². The van der Waals surface area contributed by atoms with Crippen molar-refractivity contribution in [3.05, 3.63) is 47.5 Å². The number of hydrogen-bond donors (Lipinski definition) is 0. The Labute approximate surface area is 343 Å². The molecule has 0 aliphatic carbocycles. The second kappa shape index (κ2) is 20.2. The van der Waals surface area contributed by atoms with E-state index in [0.29, 0.717) is 18.4 Å². The average Bonchev–Trinajstić information content (AvgIpc) is 3.51. The molecule has 2 fully saturated rings. The van der Waals surface area contributed by atoms with E-state index in [4.69, 9.17) is 28.4 Å². The van der Waals surface area contributed by atoms with E-state index in [9.17, 15) is 28.8 Å². The molecule has 14 heteroatoms. The third-order valence-electron chi connectivity index (χ3n) is 12.0. The van der Waals surface area contributed by atoms with Crippen LogP contribution in [0.2, 0.25) is 0 Å². The fourth-order valence-electron chi connectivity index (χ4n) is 8.80. The van der Waals surface area contributed by atoms with Gasteiger partial charge in [-0.2, -0.15) is 0 Å². The van der Waals surface area contributed by atoms with Gasteiger partial charge in [0.25, 0.3) is 5.91 Å². The molecule has 2 amide bonds. The lowest BCUT2D eigenvalue weighted by molar-refractivity contribution is -0.306. The zero-order valence-corrected chi connectivity index (χ0v) is 36.2. The van der Waals surface area contributed by atoms with Crippen LogP contribution in [0.15, 0.2) is 42.0 Å². The first-order valence-corrected chi connectivity index (χ1v) is 20.6. The van der Waals surface area contributed by atoms with E-state index in [-0.39, 0.29) is 53.8 Å². The number of ketones is 1. The lowest BCUT2D eigenvalue weighted by Gasteiger charge is -2.48. The summed E-state index contributed by atoms with van der Waals surface area (Å²) in [6, 6.07) is 6.38. The van der Waals surface area contributed by atoms with Crippen LogP contribution in [0.4, 0.5) is 4.79 Å². The molecule has 322 valence electrons. The van der Waals surface area contributed by atoms with E-state index in [0.717, 1.165) is 4.90 Å². The monoisotopic (exact) mass is 812 g/mol. The highest BCUT2D eigenvalue weighted by molar-refractivity contribution is 6.08. The number of hydrogen-bond acceptors (Lipinski definition) is 13. The van der Waals surface area contributed by atoms with Gasteiger partial charge in [-0.05, 0) is 82.7 Å². The highest BCUT2D eigenvalue weighted by Crippen LogP contribution is 2.38. The lowest BCUT2D eigenvalue weighted by Crippen LogP contribution is -2.65.